The fourth-order valence-electron chi connectivity index (χ4n) is 4.41. The maximum Gasteiger partial charge on any atom is 0.240 e. The average molecular weight is 435 g/mol. The van der Waals surface area contributed by atoms with Gasteiger partial charge < -0.3 is 15.6 Å². The zero-order valence-corrected chi connectivity index (χ0v) is 18.4. The molecule has 5 aromatic rings. The van der Waals surface area contributed by atoms with Crippen LogP contribution in [0.15, 0.2) is 91.4 Å². The van der Waals surface area contributed by atoms with Gasteiger partial charge in [0.05, 0.1) is 0 Å². The van der Waals surface area contributed by atoms with Crippen molar-refractivity contribution in [2.75, 3.05) is 6.54 Å². The fraction of sp³-hybridized carbons (Fsp3) is 0.143. The van der Waals surface area contributed by atoms with Crippen LogP contribution in [0.25, 0.3) is 32.8 Å². The fourth-order valence-corrected chi connectivity index (χ4v) is 4.41. The number of amides is 1. The molecule has 5 nitrogen and oxygen atoms in total. The molecular weight excluding hydrogens is 408 g/mol. The first kappa shape index (κ1) is 20.9. The van der Waals surface area contributed by atoms with Crippen molar-refractivity contribution >= 4 is 27.6 Å². The van der Waals surface area contributed by atoms with Gasteiger partial charge in [0.15, 0.2) is 0 Å². The molecule has 0 aliphatic heterocycles. The van der Waals surface area contributed by atoms with Gasteiger partial charge in [0, 0.05) is 36.0 Å². The first-order valence-electron chi connectivity index (χ1n) is 11.2. The third kappa shape index (κ3) is 4.36. The number of hydrogen-bond donors (Lipinski definition) is 2. The zero-order chi connectivity index (χ0) is 22.6. The van der Waals surface area contributed by atoms with Crippen LogP contribution in [-0.4, -0.2) is 22.0 Å². The highest BCUT2D eigenvalue weighted by Gasteiger charge is 2.13. The summed E-state index contributed by atoms with van der Waals surface area (Å²) in [6, 6.07) is 25.1. The van der Waals surface area contributed by atoms with E-state index in [0.29, 0.717) is 13.1 Å². The van der Waals surface area contributed by atoms with Crippen molar-refractivity contribution in [1.82, 2.24) is 14.9 Å². The summed E-state index contributed by atoms with van der Waals surface area (Å²) in [5.41, 5.74) is 11.5. The van der Waals surface area contributed by atoms with Crippen molar-refractivity contribution < 1.29 is 4.79 Å². The molecule has 0 atom stereocenters. The highest BCUT2D eigenvalue weighted by molar-refractivity contribution is 5.99. The number of benzene rings is 3. The van der Waals surface area contributed by atoms with Gasteiger partial charge in [0.1, 0.15) is 6.54 Å². The third-order valence-electron chi connectivity index (χ3n) is 6.03. The molecule has 1 amide bonds. The number of nitrogens with zero attached hydrogens (tertiary/aromatic N) is 2. The average Bonchev–Trinajstić information content (AvgIpc) is 3.19. The number of aromatic nitrogens is 2. The van der Waals surface area contributed by atoms with Crippen LogP contribution < -0.4 is 11.1 Å². The van der Waals surface area contributed by atoms with Gasteiger partial charge in [-0.25, -0.2) is 0 Å². The maximum atomic E-state index is 12.7. The van der Waals surface area contributed by atoms with E-state index in [-0.39, 0.29) is 12.5 Å². The Morgan fingerprint density at radius 3 is 2.61 bits per heavy atom. The Labute approximate surface area is 192 Å². The molecule has 0 aliphatic carbocycles. The molecule has 33 heavy (non-hydrogen) atoms. The highest BCUT2D eigenvalue weighted by atomic mass is 16.1. The van der Waals surface area contributed by atoms with E-state index in [4.69, 9.17) is 5.73 Å². The molecule has 0 fully saturated rings. The number of rotatable bonds is 7. The Morgan fingerprint density at radius 1 is 0.939 bits per heavy atom. The molecule has 0 bridgehead atoms. The van der Waals surface area contributed by atoms with Crippen LogP contribution in [0.3, 0.4) is 0 Å². The number of carbonyl (C=O) groups is 1. The summed E-state index contributed by atoms with van der Waals surface area (Å²) < 4.78 is 2.02. The van der Waals surface area contributed by atoms with E-state index in [1.807, 2.05) is 16.7 Å². The lowest BCUT2D eigenvalue weighted by Crippen LogP contribution is -2.26. The molecule has 0 saturated carbocycles. The van der Waals surface area contributed by atoms with E-state index in [1.165, 1.54) is 16.3 Å². The molecule has 0 radical (unpaired) electrons. The number of nitrogens with one attached hydrogen (secondary N) is 1. The second-order valence-corrected chi connectivity index (χ2v) is 8.21. The predicted octanol–water partition coefficient (Wildman–Crippen LogP) is 4.67. The minimum Gasteiger partial charge on any atom is -0.350 e. The molecule has 0 spiro atoms. The van der Waals surface area contributed by atoms with Crippen LogP contribution in [-0.2, 0) is 24.3 Å². The Morgan fingerprint density at radius 2 is 1.76 bits per heavy atom. The normalized spacial score (nSPS) is 11.2. The Balaban J connectivity index is 1.46. The Kier molecular flexibility index (Phi) is 5.87. The highest BCUT2D eigenvalue weighted by Crippen LogP contribution is 2.32. The minimum absolute atomic E-state index is 0.0267. The molecule has 5 rings (SSSR count). The van der Waals surface area contributed by atoms with Gasteiger partial charge in [0.2, 0.25) is 5.91 Å². The number of hydrogen-bond acceptors (Lipinski definition) is 3. The third-order valence-corrected chi connectivity index (χ3v) is 6.03. The monoisotopic (exact) mass is 434 g/mol. The van der Waals surface area contributed by atoms with Crippen LogP contribution in [0, 0.1) is 0 Å². The molecule has 0 unspecified atom stereocenters. The van der Waals surface area contributed by atoms with Crippen LogP contribution in [0.2, 0.25) is 0 Å². The SMILES string of the molecule is NCCc1cn(CC(=O)NCc2ccncc2)c2ccc(-c3cccc4ccccc34)cc12. The summed E-state index contributed by atoms with van der Waals surface area (Å²) >= 11 is 0. The van der Waals surface area contributed by atoms with Crippen molar-refractivity contribution in [3.8, 4) is 11.1 Å². The molecule has 0 aliphatic rings. The molecular formula is C28H26N4O. The molecule has 0 saturated heterocycles. The van der Waals surface area contributed by atoms with Gasteiger partial charge in [0.25, 0.3) is 0 Å². The molecule has 2 aromatic heterocycles. The van der Waals surface area contributed by atoms with E-state index in [9.17, 15) is 4.79 Å². The summed E-state index contributed by atoms with van der Waals surface area (Å²) in [6.45, 7) is 1.31. The van der Waals surface area contributed by atoms with Crippen LogP contribution in [0.5, 0.6) is 0 Å². The first-order valence-corrected chi connectivity index (χ1v) is 11.2. The standard InChI is InChI=1S/C28H26N4O/c29-13-10-23-18-32(19-28(33)31-17-20-11-14-30-15-12-20)27-9-8-22(16-26(23)27)25-7-3-5-21-4-1-2-6-24(21)25/h1-9,11-12,14-16,18H,10,13,17,19,29H2,(H,31,33). The molecule has 5 heteroatoms. The second kappa shape index (κ2) is 9.27. The van der Waals surface area contributed by atoms with Crippen molar-refractivity contribution in [3.05, 3.63) is 103 Å². The van der Waals surface area contributed by atoms with Gasteiger partial charge in [-0.15, -0.1) is 0 Å². The van der Waals surface area contributed by atoms with Gasteiger partial charge in [-0.05, 0) is 70.3 Å². The van der Waals surface area contributed by atoms with Crippen molar-refractivity contribution in [3.63, 3.8) is 0 Å². The smallest absolute Gasteiger partial charge is 0.240 e. The molecule has 3 N–H and O–H groups in total. The van der Waals surface area contributed by atoms with E-state index >= 15 is 0 Å². The summed E-state index contributed by atoms with van der Waals surface area (Å²) in [5.74, 6) is -0.0267. The molecule has 2 heterocycles. The van der Waals surface area contributed by atoms with E-state index in [1.54, 1.807) is 12.4 Å². The number of fused-ring (bicyclic) bond motifs is 2. The van der Waals surface area contributed by atoms with Crippen LogP contribution in [0.4, 0.5) is 0 Å². The predicted molar refractivity (Wildman–Crippen MR) is 134 cm³/mol. The lowest BCUT2D eigenvalue weighted by atomic mass is 9.96. The molecule has 164 valence electrons. The first-order chi connectivity index (χ1) is 16.2. The van der Waals surface area contributed by atoms with Gasteiger partial charge >= 0.3 is 0 Å². The lowest BCUT2D eigenvalue weighted by Gasteiger charge is -2.09. The summed E-state index contributed by atoms with van der Waals surface area (Å²) in [5, 5.41) is 6.60. The van der Waals surface area contributed by atoms with E-state index in [0.717, 1.165) is 34.0 Å². The summed E-state index contributed by atoms with van der Waals surface area (Å²) in [7, 11) is 0. The number of nitrogens with two attached hydrogens (primary N) is 1. The van der Waals surface area contributed by atoms with Gasteiger partial charge in [-0.3, -0.25) is 9.78 Å². The maximum absolute atomic E-state index is 12.7. The topological polar surface area (TPSA) is 72.9 Å². The van der Waals surface area contributed by atoms with Crippen LogP contribution in [0.1, 0.15) is 11.1 Å². The van der Waals surface area contributed by atoms with Gasteiger partial charge in [-0.2, -0.15) is 0 Å². The summed E-state index contributed by atoms with van der Waals surface area (Å²) in [6.07, 6.45) is 6.29. The van der Waals surface area contributed by atoms with Crippen LogP contribution >= 0.6 is 0 Å². The Bertz CT molecular complexity index is 1420. The lowest BCUT2D eigenvalue weighted by molar-refractivity contribution is -0.121. The van der Waals surface area contributed by atoms with Crippen molar-refractivity contribution in [2.24, 2.45) is 5.73 Å². The minimum atomic E-state index is -0.0267. The van der Waals surface area contributed by atoms with E-state index in [2.05, 4.69) is 77.2 Å². The van der Waals surface area contributed by atoms with Gasteiger partial charge in [-0.1, -0.05) is 48.5 Å². The largest absolute Gasteiger partial charge is 0.350 e. The number of pyridine rings is 1. The second-order valence-electron chi connectivity index (χ2n) is 8.21. The van der Waals surface area contributed by atoms with Crippen molar-refractivity contribution in [2.45, 2.75) is 19.5 Å². The zero-order valence-electron chi connectivity index (χ0n) is 18.4. The van der Waals surface area contributed by atoms with Crippen molar-refractivity contribution in [1.29, 1.82) is 0 Å². The summed E-state index contributed by atoms with van der Waals surface area (Å²) in [4.78, 5) is 16.7. The molecule has 3 aromatic carbocycles. The quantitative estimate of drug-likeness (QED) is 0.391. The Hall–Kier alpha value is -3.96. The number of carbonyl (C=O) groups excluding carboxylic acids is 1. The van der Waals surface area contributed by atoms with E-state index < -0.39 is 0 Å².